The molecule has 0 amide bonds. The van der Waals surface area contributed by atoms with Crippen molar-refractivity contribution in [1.82, 2.24) is 0 Å². The Kier molecular flexibility index (Phi) is 3.60. The molecule has 1 atom stereocenters. The fraction of sp³-hybridized carbons (Fsp3) is 0.222. The predicted octanol–water partition coefficient (Wildman–Crippen LogP) is 3.61. The highest BCUT2D eigenvalue weighted by Crippen LogP contribution is 2.24. The summed E-state index contributed by atoms with van der Waals surface area (Å²) in [5, 5.41) is 2.38. The van der Waals surface area contributed by atoms with Crippen LogP contribution in [0.15, 0.2) is 33.7 Å². The highest BCUT2D eigenvalue weighted by Gasteiger charge is 2.05. The van der Waals surface area contributed by atoms with Gasteiger partial charge in [0.25, 0.3) is 0 Å². The minimum atomic E-state index is 0.0816. The van der Waals surface area contributed by atoms with Gasteiger partial charge < -0.3 is 0 Å². The van der Waals surface area contributed by atoms with Gasteiger partial charge in [-0.3, -0.25) is 0 Å². The van der Waals surface area contributed by atoms with E-state index in [0.29, 0.717) is 0 Å². The van der Waals surface area contributed by atoms with Gasteiger partial charge in [0.1, 0.15) is 0 Å². The zero-order valence-corrected chi connectivity index (χ0v) is 9.02. The maximum absolute atomic E-state index is 4.54. The van der Waals surface area contributed by atoms with Crippen LogP contribution in [0.2, 0.25) is 0 Å². The lowest BCUT2D eigenvalue weighted by Gasteiger charge is -2.06. The maximum Gasteiger partial charge on any atom is 0.0834 e. The molecular formula is C9H8BrNS. The number of aliphatic imine (C=N–C) groups is 1. The van der Waals surface area contributed by atoms with E-state index in [9.17, 15) is 0 Å². The fourth-order valence-electron chi connectivity index (χ4n) is 0.963. The number of hydrogen-bond donors (Lipinski definition) is 0. The van der Waals surface area contributed by atoms with E-state index in [1.165, 1.54) is 0 Å². The van der Waals surface area contributed by atoms with Crippen LogP contribution in [0.5, 0.6) is 0 Å². The van der Waals surface area contributed by atoms with Crippen LogP contribution in [0.4, 0.5) is 0 Å². The minimum absolute atomic E-state index is 0.0816. The molecule has 0 radical (unpaired) electrons. The van der Waals surface area contributed by atoms with Crippen LogP contribution < -0.4 is 0 Å². The largest absolute Gasteiger partial charge is 0.225 e. The topological polar surface area (TPSA) is 12.4 Å². The van der Waals surface area contributed by atoms with Crippen molar-refractivity contribution in [3.05, 3.63) is 34.3 Å². The van der Waals surface area contributed by atoms with E-state index in [2.05, 4.69) is 38.3 Å². The van der Waals surface area contributed by atoms with Crippen molar-refractivity contribution in [3.8, 4) is 0 Å². The Morgan fingerprint density at radius 2 is 2.17 bits per heavy atom. The quantitative estimate of drug-likeness (QED) is 0.570. The van der Waals surface area contributed by atoms with Crippen molar-refractivity contribution in [2.45, 2.75) is 13.0 Å². The van der Waals surface area contributed by atoms with Crippen LogP contribution in [0, 0.1) is 0 Å². The smallest absolute Gasteiger partial charge is 0.0834 e. The minimum Gasteiger partial charge on any atom is -0.225 e. The predicted molar refractivity (Wildman–Crippen MR) is 57.6 cm³/mol. The van der Waals surface area contributed by atoms with Gasteiger partial charge in [-0.05, 0) is 30.8 Å². The molecule has 0 aliphatic heterocycles. The first-order chi connectivity index (χ1) is 5.75. The maximum atomic E-state index is 4.54. The molecule has 0 N–H and O–H groups in total. The number of isothiocyanates is 1. The summed E-state index contributed by atoms with van der Waals surface area (Å²) in [6, 6.07) is 8.05. The molecule has 0 bridgehead atoms. The highest BCUT2D eigenvalue weighted by atomic mass is 79.9. The molecular weight excluding hydrogens is 234 g/mol. The van der Waals surface area contributed by atoms with Crippen LogP contribution in [0.1, 0.15) is 18.5 Å². The van der Waals surface area contributed by atoms with Crippen LogP contribution in [0.25, 0.3) is 0 Å². The lowest BCUT2D eigenvalue weighted by molar-refractivity contribution is 0.823. The average Bonchev–Trinajstić information content (AvgIpc) is 2.05. The summed E-state index contributed by atoms with van der Waals surface area (Å²) in [5.74, 6) is 0. The lowest BCUT2D eigenvalue weighted by Crippen LogP contribution is -1.89. The average molecular weight is 242 g/mol. The van der Waals surface area contributed by atoms with Crippen molar-refractivity contribution in [1.29, 1.82) is 0 Å². The Morgan fingerprint density at radius 3 is 2.75 bits per heavy atom. The van der Waals surface area contributed by atoms with E-state index >= 15 is 0 Å². The van der Waals surface area contributed by atoms with Gasteiger partial charge in [-0.1, -0.05) is 34.1 Å². The van der Waals surface area contributed by atoms with Crippen molar-refractivity contribution in [3.63, 3.8) is 0 Å². The summed E-state index contributed by atoms with van der Waals surface area (Å²) in [7, 11) is 0. The first kappa shape index (κ1) is 9.59. The lowest BCUT2D eigenvalue weighted by atomic mass is 10.1. The van der Waals surface area contributed by atoms with Crippen molar-refractivity contribution in [2.24, 2.45) is 4.99 Å². The summed E-state index contributed by atoms with van der Waals surface area (Å²) >= 11 is 7.98. The molecule has 0 saturated carbocycles. The molecule has 1 aromatic rings. The second kappa shape index (κ2) is 4.51. The molecule has 1 aromatic carbocycles. The molecule has 1 rings (SSSR count). The van der Waals surface area contributed by atoms with Gasteiger partial charge in [0, 0.05) is 4.47 Å². The fourth-order valence-corrected chi connectivity index (χ4v) is 1.74. The number of nitrogens with zero attached hydrogens (tertiary/aromatic N) is 1. The van der Waals surface area contributed by atoms with E-state index in [1.54, 1.807) is 0 Å². The summed E-state index contributed by atoms with van der Waals surface area (Å²) in [6.07, 6.45) is 0. The van der Waals surface area contributed by atoms with Gasteiger partial charge in [-0.2, -0.15) is 0 Å². The molecule has 12 heavy (non-hydrogen) atoms. The Bertz CT molecular complexity index is 318. The van der Waals surface area contributed by atoms with Crippen molar-refractivity contribution >= 4 is 33.3 Å². The third-order valence-electron chi connectivity index (χ3n) is 1.60. The molecule has 0 aliphatic rings. The summed E-state index contributed by atoms with van der Waals surface area (Å²) in [5.41, 5.74) is 1.13. The number of halogens is 1. The standard InChI is InChI=1S/C9H8BrNS/c1-7(11-6-12)8-4-2-3-5-9(8)10/h2-5,7H,1H3. The third-order valence-corrected chi connectivity index (χ3v) is 2.43. The third kappa shape index (κ3) is 2.24. The van der Waals surface area contributed by atoms with E-state index in [1.807, 2.05) is 31.2 Å². The Balaban J connectivity index is 3.02. The second-order valence-electron chi connectivity index (χ2n) is 2.42. The molecule has 0 aromatic heterocycles. The van der Waals surface area contributed by atoms with Crippen molar-refractivity contribution < 1.29 is 0 Å². The SMILES string of the molecule is CC(N=C=S)c1ccccc1Br. The van der Waals surface area contributed by atoms with Gasteiger partial charge in [0.05, 0.1) is 11.2 Å². The summed E-state index contributed by atoms with van der Waals surface area (Å²) in [6.45, 7) is 1.99. The zero-order valence-electron chi connectivity index (χ0n) is 6.62. The highest BCUT2D eigenvalue weighted by molar-refractivity contribution is 9.10. The molecule has 0 aliphatic carbocycles. The first-order valence-electron chi connectivity index (χ1n) is 3.57. The van der Waals surface area contributed by atoms with Crippen LogP contribution in [-0.2, 0) is 0 Å². The van der Waals surface area contributed by atoms with E-state index in [0.717, 1.165) is 10.0 Å². The summed E-state index contributed by atoms with van der Waals surface area (Å²) in [4.78, 5) is 3.99. The molecule has 0 saturated heterocycles. The normalized spacial score (nSPS) is 11.8. The van der Waals surface area contributed by atoms with E-state index in [-0.39, 0.29) is 6.04 Å². The van der Waals surface area contributed by atoms with Gasteiger partial charge in [0.2, 0.25) is 0 Å². The number of rotatable bonds is 2. The number of benzene rings is 1. The van der Waals surface area contributed by atoms with E-state index in [4.69, 9.17) is 0 Å². The molecule has 62 valence electrons. The Labute approximate surface area is 85.6 Å². The first-order valence-corrected chi connectivity index (χ1v) is 4.77. The molecule has 0 heterocycles. The summed E-state index contributed by atoms with van der Waals surface area (Å²) < 4.78 is 1.06. The second-order valence-corrected chi connectivity index (χ2v) is 3.45. The van der Waals surface area contributed by atoms with Crippen LogP contribution >= 0.6 is 28.1 Å². The zero-order chi connectivity index (χ0) is 8.97. The van der Waals surface area contributed by atoms with Gasteiger partial charge in [-0.15, -0.1) is 0 Å². The van der Waals surface area contributed by atoms with Gasteiger partial charge in [0.15, 0.2) is 0 Å². The Hall–Kier alpha value is -0.500. The molecule has 3 heteroatoms. The molecule has 1 nitrogen and oxygen atoms in total. The molecule has 1 unspecified atom stereocenters. The Morgan fingerprint density at radius 1 is 1.50 bits per heavy atom. The van der Waals surface area contributed by atoms with Crippen LogP contribution in [-0.4, -0.2) is 5.16 Å². The van der Waals surface area contributed by atoms with Crippen molar-refractivity contribution in [2.75, 3.05) is 0 Å². The van der Waals surface area contributed by atoms with Crippen LogP contribution in [0.3, 0.4) is 0 Å². The van der Waals surface area contributed by atoms with Gasteiger partial charge in [-0.25, -0.2) is 4.99 Å². The monoisotopic (exact) mass is 241 g/mol. The van der Waals surface area contributed by atoms with E-state index < -0.39 is 0 Å². The van der Waals surface area contributed by atoms with Gasteiger partial charge >= 0.3 is 0 Å². The molecule has 0 fully saturated rings. The molecule has 0 spiro atoms. The number of thiocarbonyl (C=S) groups is 1. The number of hydrogen-bond acceptors (Lipinski definition) is 2.